The minimum Gasteiger partial charge on any atom is -0.325 e. The maximum atomic E-state index is 13.5. The van der Waals surface area contributed by atoms with E-state index in [1.165, 1.54) is 48.5 Å². The maximum absolute atomic E-state index is 13.5. The monoisotopic (exact) mass is 631 g/mol. The molecule has 0 bridgehead atoms. The number of aryl methyl sites for hydroxylation is 1. The number of hydrogen-bond acceptors (Lipinski definition) is 5. The topological polar surface area (TPSA) is 113 Å². The summed E-state index contributed by atoms with van der Waals surface area (Å²) in [6.45, 7) is 1.31. The average Bonchev–Trinajstić information content (AvgIpc) is 2.89. The third kappa shape index (κ3) is 7.02. The van der Waals surface area contributed by atoms with E-state index in [9.17, 15) is 26.0 Å². The molecule has 1 amide bonds. The highest BCUT2D eigenvalue weighted by Crippen LogP contribution is 2.27. The summed E-state index contributed by atoms with van der Waals surface area (Å²) >= 11 is 3.34. The molecule has 0 unspecified atom stereocenters. The first kappa shape index (κ1) is 28.3. The lowest BCUT2D eigenvalue weighted by atomic mass is 10.2. The third-order valence-electron chi connectivity index (χ3n) is 5.54. The number of sulfonamides is 2. The number of nitrogens with zero attached hydrogens (tertiary/aromatic N) is 1. The molecule has 0 saturated heterocycles. The molecule has 8 nitrogen and oxygen atoms in total. The Hall–Kier alpha value is -3.74. The number of nitrogens with one attached hydrogen (secondary N) is 2. The SMILES string of the molecule is Cc1ccc(S(=O)(=O)N(CC(=O)Nc2ccc(S(=O)(=O)Nc3ccc(F)cc3)cc2)c2cccc(Br)c2)cc1. The van der Waals surface area contributed by atoms with E-state index in [1.54, 1.807) is 36.4 Å². The largest absolute Gasteiger partial charge is 0.325 e. The van der Waals surface area contributed by atoms with E-state index in [0.29, 0.717) is 4.47 Å². The molecule has 0 aliphatic rings. The fourth-order valence-electron chi connectivity index (χ4n) is 3.56. The van der Waals surface area contributed by atoms with Crippen molar-refractivity contribution < 1.29 is 26.0 Å². The molecule has 0 radical (unpaired) electrons. The summed E-state index contributed by atoms with van der Waals surface area (Å²) in [5.74, 6) is -1.13. The predicted molar refractivity (Wildman–Crippen MR) is 152 cm³/mol. The lowest BCUT2D eigenvalue weighted by Crippen LogP contribution is -2.38. The Morgan fingerprint density at radius 2 is 1.41 bits per heavy atom. The van der Waals surface area contributed by atoms with Gasteiger partial charge in [-0.1, -0.05) is 39.7 Å². The van der Waals surface area contributed by atoms with Crippen LogP contribution in [0.2, 0.25) is 0 Å². The number of carbonyl (C=O) groups excluding carboxylic acids is 1. The Balaban J connectivity index is 1.53. The van der Waals surface area contributed by atoms with Crippen LogP contribution >= 0.6 is 15.9 Å². The van der Waals surface area contributed by atoms with E-state index in [1.807, 2.05) is 6.92 Å². The van der Waals surface area contributed by atoms with Crippen molar-refractivity contribution in [2.45, 2.75) is 16.7 Å². The van der Waals surface area contributed by atoms with Gasteiger partial charge in [-0.05, 0) is 85.8 Å². The molecule has 0 fully saturated rings. The van der Waals surface area contributed by atoms with E-state index in [-0.39, 0.29) is 26.9 Å². The highest BCUT2D eigenvalue weighted by molar-refractivity contribution is 9.10. The Morgan fingerprint density at radius 1 is 0.821 bits per heavy atom. The molecule has 202 valence electrons. The number of carbonyl (C=O) groups is 1. The van der Waals surface area contributed by atoms with E-state index in [2.05, 4.69) is 26.0 Å². The predicted octanol–water partition coefficient (Wildman–Crippen LogP) is 5.53. The van der Waals surface area contributed by atoms with Gasteiger partial charge in [-0.15, -0.1) is 0 Å². The van der Waals surface area contributed by atoms with E-state index in [4.69, 9.17) is 0 Å². The summed E-state index contributed by atoms with van der Waals surface area (Å²) in [4.78, 5) is 12.9. The number of anilines is 3. The first-order chi connectivity index (χ1) is 18.4. The summed E-state index contributed by atoms with van der Waals surface area (Å²) in [5.41, 5.74) is 1.63. The van der Waals surface area contributed by atoms with Crippen LogP contribution < -0.4 is 14.3 Å². The Labute approximate surface area is 234 Å². The first-order valence-electron chi connectivity index (χ1n) is 11.5. The number of amides is 1. The van der Waals surface area contributed by atoms with Gasteiger partial charge in [0.2, 0.25) is 5.91 Å². The molecular formula is C27H23BrFN3O5S2. The van der Waals surface area contributed by atoms with Crippen molar-refractivity contribution in [3.8, 4) is 0 Å². The molecule has 4 aromatic rings. The minimum absolute atomic E-state index is 0.0316. The summed E-state index contributed by atoms with van der Waals surface area (Å²) in [7, 11) is -8.05. The normalized spacial score (nSPS) is 11.6. The highest BCUT2D eigenvalue weighted by Gasteiger charge is 2.27. The fraction of sp³-hybridized carbons (Fsp3) is 0.0741. The second kappa shape index (κ2) is 11.6. The molecule has 4 aromatic carbocycles. The van der Waals surface area contributed by atoms with Crippen molar-refractivity contribution in [3.63, 3.8) is 0 Å². The first-order valence-corrected chi connectivity index (χ1v) is 15.2. The molecule has 2 N–H and O–H groups in total. The second-order valence-electron chi connectivity index (χ2n) is 8.49. The van der Waals surface area contributed by atoms with Gasteiger partial charge in [-0.2, -0.15) is 0 Å². The van der Waals surface area contributed by atoms with Gasteiger partial charge in [-0.3, -0.25) is 13.8 Å². The molecule has 4 rings (SSSR count). The lowest BCUT2D eigenvalue weighted by Gasteiger charge is -2.24. The van der Waals surface area contributed by atoms with Crippen LogP contribution in [0.1, 0.15) is 5.56 Å². The molecule has 0 saturated carbocycles. The van der Waals surface area contributed by atoms with Crippen molar-refractivity contribution in [2.75, 3.05) is 20.9 Å². The van der Waals surface area contributed by atoms with Gasteiger partial charge >= 0.3 is 0 Å². The average molecular weight is 633 g/mol. The van der Waals surface area contributed by atoms with E-state index >= 15 is 0 Å². The van der Waals surface area contributed by atoms with Crippen LogP contribution in [0.3, 0.4) is 0 Å². The minimum atomic E-state index is -4.09. The molecule has 0 aliphatic carbocycles. The summed E-state index contributed by atoms with van der Waals surface area (Å²) in [5, 5.41) is 2.61. The molecule has 0 aromatic heterocycles. The third-order valence-corrected chi connectivity index (χ3v) is 9.22. The Morgan fingerprint density at radius 3 is 2.03 bits per heavy atom. The van der Waals surface area contributed by atoms with Crippen LogP contribution in [-0.4, -0.2) is 29.3 Å². The standard InChI is InChI=1S/C27H23BrFN3O5S2/c1-19-5-13-26(14-6-19)39(36,37)32(24-4-2-3-20(28)17-24)18-27(33)30-22-11-15-25(16-12-22)38(34,35)31-23-9-7-21(29)8-10-23/h2-17,31H,18H2,1H3,(H,30,33). The maximum Gasteiger partial charge on any atom is 0.264 e. The molecule has 0 heterocycles. The van der Waals surface area contributed by atoms with Gasteiger partial charge in [0.1, 0.15) is 12.4 Å². The zero-order valence-electron chi connectivity index (χ0n) is 20.5. The molecule has 0 aliphatic heterocycles. The van der Waals surface area contributed by atoms with E-state index in [0.717, 1.165) is 22.0 Å². The van der Waals surface area contributed by atoms with Crippen LogP contribution in [-0.2, 0) is 24.8 Å². The zero-order valence-corrected chi connectivity index (χ0v) is 23.7. The van der Waals surface area contributed by atoms with Gasteiger partial charge in [0.25, 0.3) is 20.0 Å². The van der Waals surface area contributed by atoms with Gasteiger partial charge in [-0.25, -0.2) is 21.2 Å². The number of hydrogen-bond donors (Lipinski definition) is 2. The molecule has 0 atom stereocenters. The lowest BCUT2D eigenvalue weighted by molar-refractivity contribution is -0.114. The fourth-order valence-corrected chi connectivity index (χ4v) is 6.42. The molecule has 0 spiro atoms. The van der Waals surface area contributed by atoms with Gasteiger partial charge in [0, 0.05) is 15.8 Å². The number of benzene rings is 4. The number of rotatable bonds is 9. The van der Waals surface area contributed by atoms with Crippen molar-refractivity contribution in [1.29, 1.82) is 0 Å². The van der Waals surface area contributed by atoms with E-state index < -0.39 is 38.3 Å². The summed E-state index contributed by atoms with van der Waals surface area (Å²) in [6.07, 6.45) is 0. The summed E-state index contributed by atoms with van der Waals surface area (Å²) in [6, 6.07) is 23.1. The van der Waals surface area contributed by atoms with Gasteiger partial charge in [0.15, 0.2) is 0 Å². The number of halogens is 2. The quantitative estimate of drug-likeness (QED) is 0.252. The summed E-state index contributed by atoms with van der Waals surface area (Å²) < 4.78 is 69.4. The Kier molecular flexibility index (Phi) is 8.38. The van der Waals surface area contributed by atoms with Crippen molar-refractivity contribution >= 4 is 58.9 Å². The van der Waals surface area contributed by atoms with Crippen molar-refractivity contribution in [2.24, 2.45) is 0 Å². The van der Waals surface area contributed by atoms with Crippen LogP contribution in [0.4, 0.5) is 21.5 Å². The second-order valence-corrected chi connectivity index (χ2v) is 12.9. The van der Waals surface area contributed by atoms with Crippen LogP contribution in [0.15, 0.2) is 111 Å². The smallest absolute Gasteiger partial charge is 0.264 e. The van der Waals surface area contributed by atoms with Gasteiger partial charge in [0.05, 0.1) is 15.5 Å². The zero-order chi connectivity index (χ0) is 28.2. The van der Waals surface area contributed by atoms with Crippen LogP contribution in [0.5, 0.6) is 0 Å². The van der Waals surface area contributed by atoms with Crippen molar-refractivity contribution in [1.82, 2.24) is 0 Å². The van der Waals surface area contributed by atoms with Crippen LogP contribution in [0.25, 0.3) is 0 Å². The van der Waals surface area contributed by atoms with Crippen molar-refractivity contribution in [3.05, 3.63) is 113 Å². The van der Waals surface area contributed by atoms with Crippen LogP contribution in [0, 0.1) is 12.7 Å². The molecular weight excluding hydrogens is 609 g/mol. The molecule has 12 heteroatoms. The molecule has 39 heavy (non-hydrogen) atoms. The van der Waals surface area contributed by atoms with Gasteiger partial charge < -0.3 is 5.32 Å². The Bertz CT molecular complexity index is 1700. The highest BCUT2D eigenvalue weighted by atomic mass is 79.9.